The van der Waals surface area contributed by atoms with Gasteiger partial charge < -0.3 is 10.6 Å². The number of carbonyl (C=O) groups is 3. The molecule has 0 bridgehead atoms. The predicted molar refractivity (Wildman–Crippen MR) is 108 cm³/mol. The van der Waals surface area contributed by atoms with Crippen molar-refractivity contribution in [3.8, 4) is 0 Å². The minimum absolute atomic E-state index is 0.372. The van der Waals surface area contributed by atoms with E-state index in [4.69, 9.17) is 0 Å². The Hall–Kier alpha value is -2.94. The van der Waals surface area contributed by atoms with Crippen LogP contribution in [0.2, 0.25) is 0 Å². The molecule has 0 radical (unpaired) electrons. The fraction of sp³-hybridized carbons (Fsp3) is 0.286. The lowest BCUT2D eigenvalue weighted by atomic mass is 9.78. The number of alkyl halides is 2. The molecule has 1 aliphatic carbocycles. The Labute approximate surface area is 176 Å². The number of imide groups is 1. The topological polar surface area (TPSA) is 78.5 Å². The van der Waals surface area contributed by atoms with Gasteiger partial charge in [-0.25, -0.2) is 4.79 Å². The van der Waals surface area contributed by atoms with E-state index >= 15 is 0 Å². The van der Waals surface area contributed by atoms with Crippen LogP contribution in [0.15, 0.2) is 53.4 Å². The smallest absolute Gasteiger partial charge is 0.325 e. The number of benzene rings is 2. The maximum atomic E-state index is 13.0. The molecule has 1 atom stereocenters. The van der Waals surface area contributed by atoms with Crippen LogP contribution in [0, 0.1) is 0 Å². The van der Waals surface area contributed by atoms with Crippen molar-refractivity contribution in [2.75, 3.05) is 11.9 Å². The van der Waals surface area contributed by atoms with Gasteiger partial charge in [-0.1, -0.05) is 36.0 Å². The van der Waals surface area contributed by atoms with E-state index in [0.29, 0.717) is 41.6 Å². The number of hydrogen-bond acceptors (Lipinski definition) is 4. The molecule has 6 nitrogen and oxygen atoms in total. The summed E-state index contributed by atoms with van der Waals surface area (Å²) in [6, 6.07) is 13.1. The number of anilines is 1. The summed E-state index contributed by atoms with van der Waals surface area (Å²) in [6.45, 7) is -0.415. The lowest BCUT2D eigenvalue weighted by Gasteiger charge is -2.32. The van der Waals surface area contributed by atoms with Crippen LogP contribution in [0.25, 0.3) is 0 Å². The molecule has 2 aliphatic rings. The van der Waals surface area contributed by atoms with Crippen molar-refractivity contribution in [3.63, 3.8) is 0 Å². The van der Waals surface area contributed by atoms with E-state index in [0.717, 1.165) is 16.0 Å². The molecule has 1 fully saturated rings. The van der Waals surface area contributed by atoms with Crippen LogP contribution >= 0.6 is 11.8 Å². The van der Waals surface area contributed by atoms with E-state index in [-0.39, 0.29) is 0 Å². The van der Waals surface area contributed by atoms with E-state index in [1.807, 2.05) is 24.3 Å². The van der Waals surface area contributed by atoms with Gasteiger partial charge in [0.05, 0.1) is 0 Å². The lowest BCUT2D eigenvalue weighted by molar-refractivity contribution is -0.134. The zero-order valence-corrected chi connectivity index (χ0v) is 16.7. The van der Waals surface area contributed by atoms with E-state index < -0.39 is 35.7 Å². The van der Waals surface area contributed by atoms with Crippen LogP contribution in [-0.4, -0.2) is 40.6 Å². The molecule has 1 heterocycles. The van der Waals surface area contributed by atoms with Gasteiger partial charge in [0, 0.05) is 17.0 Å². The molecule has 9 heteroatoms. The molecule has 0 aromatic heterocycles. The molecule has 156 valence electrons. The van der Waals surface area contributed by atoms with Crippen molar-refractivity contribution in [2.45, 2.75) is 35.5 Å². The molecular weight excluding hydrogens is 412 g/mol. The maximum Gasteiger partial charge on any atom is 0.325 e. The zero-order valence-electron chi connectivity index (χ0n) is 15.9. The minimum atomic E-state index is -2.52. The number of urea groups is 1. The van der Waals surface area contributed by atoms with Gasteiger partial charge in [-0.15, -0.1) is 0 Å². The van der Waals surface area contributed by atoms with Gasteiger partial charge in [0.2, 0.25) is 5.91 Å². The molecule has 1 unspecified atom stereocenters. The Morgan fingerprint density at radius 3 is 2.53 bits per heavy atom. The Morgan fingerprint density at radius 2 is 1.83 bits per heavy atom. The molecule has 4 rings (SSSR count). The number of nitrogens with one attached hydrogen (secondary N) is 2. The maximum absolute atomic E-state index is 13.0. The third-order valence-electron chi connectivity index (χ3n) is 5.34. The van der Waals surface area contributed by atoms with E-state index in [9.17, 15) is 23.2 Å². The number of amides is 4. The molecule has 30 heavy (non-hydrogen) atoms. The number of nitrogens with zero attached hydrogens (tertiary/aromatic N) is 1. The molecule has 1 spiro atoms. The van der Waals surface area contributed by atoms with Crippen LogP contribution in [0.4, 0.5) is 19.3 Å². The highest BCUT2D eigenvalue weighted by Gasteiger charge is 2.52. The van der Waals surface area contributed by atoms with Gasteiger partial charge in [-0.3, -0.25) is 14.5 Å². The molecule has 2 aromatic carbocycles. The van der Waals surface area contributed by atoms with Crippen LogP contribution < -0.4 is 10.6 Å². The second-order valence-electron chi connectivity index (χ2n) is 7.30. The highest BCUT2D eigenvalue weighted by molar-refractivity contribution is 7.99. The second-order valence-corrected chi connectivity index (χ2v) is 8.36. The van der Waals surface area contributed by atoms with Crippen LogP contribution in [-0.2, 0) is 22.4 Å². The number of hydrogen-bond donors (Lipinski definition) is 2. The highest BCUT2D eigenvalue weighted by Crippen LogP contribution is 2.33. The van der Waals surface area contributed by atoms with Gasteiger partial charge in [0.25, 0.3) is 11.7 Å². The molecule has 4 amide bonds. The van der Waals surface area contributed by atoms with Crippen LogP contribution in [0.5, 0.6) is 0 Å². The fourth-order valence-corrected chi connectivity index (χ4v) is 4.41. The normalized spacial score (nSPS) is 20.4. The van der Waals surface area contributed by atoms with Crippen molar-refractivity contribution in [3.05, 3.63) is 59.7 Å². The Kier molecular flexibility index (Phi) is 5.46. The summed E-state index contributed by atoms with van der Waals surface area (Å²) in [5.41, 5.74) is 1.56. The van der Waals surface area contributed by atoms with Gasteiger partial charge in [-0.2, -0.15) is 8.78 Å². The van der Waals surface area contributed by atoms with Crippen molar-refractivity contribution in [1.82, 2.24) is 10.2 Å². The first-order valence-corrected chi connectivity index (χ1v) is 10.3. The monoisotopic (exact) mass is 431 g/mol. The number of aryl methyl sites for hydroxylation is 1. The summed E-state index contributed by atoms with van der Waals surface area (Å²) in [4.78, 5) is 39.2. The molecule has 2 aromatic rings. The van der Waals surface area contributed by atoms with Crippen LogP contribution in [0.1, 0.15) is 17.5 Å². The number of carbonyl (C=O) groups excluding carboxylic acids is 3. The number of thioether (sulfide) groups is 1. The average molecular weight is 431 g/mol. The molecule has 1 saturated heterocycles. The quantitative estimate of drug-likeness (QED) is 0.562. The summed E-state index contributed by atoms with van der Waals surface area (Å²) >= 11 is 0.408. The SMILES string of the molecule is O=C(CN1C(=O)NC2(CCc3ccccc3C2)C1=O)Nc1ccc(SC(F)F)cc1. The van der Waals surface area contributed by atoms with Crippen molar-refractivity contribution in [2.24, 2.45) is 0 Å². The molecular formula is C21H19F2N3O3S. The number of fused-ring (bicyclic) bond motifs is 1. The van der Waals surface area contributed by atoms with Gasteiger partial charge in [-0.05, 0) is 48.2 Å². The van der Waals surface area contributed by atoms with E-state index in [1.165, 1.54) is 24.3 Å². The largest absolute Gasteiger partial charge is 0.325 e. The van der Waals surface area contributed by atoms with Gasteiger partial charge in [0.15, 0.2) is 0 Å². The van der Waals surface area contributed by atoms with Gasteiger partial charge >= 0.3 is 6.03 Å². The third-order valence-corrected chi connectivity index (χ3v) is 6.07. The molecule has 0 saturated carbocycles. The number of halogens is 2. The van der Waals surface area contributed by atoms with Crippen molar-refractivity contribution in [1.29, 1.82) is 0 Å². The number of rotatable bonds is 5. The van der Waals surface area contributed by atoms with Crippen molar-refractivity contribution < 1.29 is 23.2 Å². The summed E-state index contributed by atoms with van der Waals surface area (Å²) in [5.74, 6) is -3.47. The fourth-order valence-electron chi connectivity index (χ4n) is 3.91. The highest BCUT2D eigenvalue weighted by atomic mass is 32.2. The average Bonchev–Trinajstić information content (AvgIpc) is 2.93. The van der Waals surface area contributed by atoms with Crippen LogP contribution in [0.3, 0.4) is 0 Å². The van der Waals surface area contributed by atoms with E-state index in [1.54, 1.807) is 0 Å². The summed E-state index contributed by atoms with van der Waals surface area (Å²) < 4.78 is 24.8. The predicted octanol–water partition coefficient (Wildman–Crippen LogP) is 3.42. The second kappa shape index (κ2) is 8.06. The first kappa shape index (κ1) is 20.3. The Bertz CT molecular complexity index is 999. The first-order chi connectivity index (χ1) is 14.4. The Morgan fingerprint density at radius 1 is 1.13 bits per heavy atom. The third kappa shape index (κ3) is 4.02. The molecule has 2 N–H and O–H groups in total. The Balaban J connectivity index is 1.41. The summed E-state index contributed by atoms with van der Waals surface area (Å²) in [5, 5.41) is 5.38. The minimum Gasteiger partial charge on any atom is -0.325 e. The standard InChI is InChI=1S/C21H19F2N3O3S/c22-19(23)30-16-7-5-15(6-8-16)24-17(27)12-26-18(28)21(25-20(26)29)10-9-13-3-1-2-4-14(13)11-21/h1-8,19H,9-12H2,(H,24,27)(H,25,29). The summed E-state index contributed by atoms with van der Waals surface area (Å²) in [6.07, 6.45) is 1.55. The zero-order chi connectivity index (χ0) is 21.3. The molecule has 1 aliphatic heterocycles. The van der Waals surface area contributed by atoms with E-state index in [2.05, 4.69) is 10.6 Å². The van der Waals surface area contributed by atoms with Crippen molar-refractivity contribution >= 4 is 35.3 Å². The first-order valence-electron chi connectivity index (χ1n) is 9.42. The summed E-state index contributed by atoms with van der Waals surface area (Å²) in [7, 11) is 0. The lowest BCUT2D eigenvalue weighted by Crippen LogP contribution is -2.51. The van der Waals surface area contributed by atoms with Gasteiger partial charge in [0.1, 0.15) is 12.1 Å².